The summed E-state index contributed by atoms with van der Waals surface area (Å²) in [6, 6.07) is 7.71. The number of carbonyl (C=O) groups excluding carboxylic acids is 2. The molecule has 0 saturated carbocycles. The van der Waals surface area contributed by atoms with E-state index in [1.54, 1.807) is 6.92 Å². The molecular formula is C19H30IN5O2. The van der Waals surface area contributed by atoms with Crippen LogP contribution < -0.4 is 16.4 Å². The second-order valence-electron chi connectivity index (χ2n) is 7.10. The van der Waals surface area contributed by atoms with Crippen LogP contribution in [-0.2, 0) is 4.79 Å². The lowest BCUT2D eigenvalue weighted by atomic mass is 9.99. The van der Waals surface area contributed by atoms with Gasteiger partial charge in [0.05, 0.1) is 0 Å². The van der Waals surface area contributed by atoms with Gasteiger partial charge in [0.25, 0.3) is 5.91 Å². The van der Waals surface area contributed by atoms with Gasteiger partial charge in [-0.2, -0.15) is 0 Å². The maximum Gasteiger partial charge on any atom is 0.325 e. The molecule has 3 amide bonds. The number of urea groups is 1. The summed E-state index contributed by atoms with van der Waals surface area (Å²) in [6.45, 7) is 8.67. The lowest BCUT2D eigenvalue weighted by Crippen LogP contribution is -2.43. The van der Waals surface area contributed by atoms with E-state index in [0.717, 1.165) is 5.69 Å². The van der Waals surface area contributed by atoms with E-state index in [2.05, 4.69) is 35.5 Å². The van der Waals surface area contributed by atoms with Crippen molar-refractivity contribution >= 4 is 47.6 Å². The molecule has 1 saturated heterocycles. The first kappa shape index (κ1) is 23.2. The van der Waals surface area contributed by atoms with E-state index in [4.69, 9.17) is 5.73 Å². The second-order valence-corrected chi connectivity index (χ2v) is 7.10. The van der Waals surface area contributed by atoms with Crippen molar-refractivity contribution in [3.05, 3.63) is 29.8 Å². The van der Waals surface area contributed by atoms with Crippen molar-refractivity contribution in [2.24, 2.45) is 10.7 Å². The molecule has 0 aliphatic carbocycles. The number of imide groups is 1. The fourth-order valence-electron chi connectivity index (χ4n) is 2.78. The fraction of sp³-hybridized carbons (Fsp3) is 0.526. The summed E-state index contributed by atoms with van der Waals surface area (Å²) in [7, 11) is 0. The van der Waals surface area contributed by atoms with Crippen molar-refractivity contribution in [1.29, 1.82) is 0 Å². The maximum absolute atomic E-state index is 12.3. The number of nitrogens with one attached hydrogen (secondary N) is 2. The minimum Gasteiger partial charge on any atom is -0.370 e. The lowest BCUT2D eigenvalue weighted by molar-refractivity contribution is -0.130. The van der Waals surface area contributed by atoms with Crippen molar-refractivity contribution < 1.29 is 9.59 Å². The Labute approximate surface area is 178 Å². The topological polar surface area (TPSA) is 99.8 Å². The van der Waals surface area contributed by atoms with Gasteiger partial charge in [-0.1, -0.05) is 32.9 Å². The van der Waals surface area contributed by atoms with Gasteiger partial charge in [-0.3, -0.25) is 14.7 Å². The van der Waals surface area contributed by atoms with Crippen LogP contribution in [-0.4, -0.2) is 41.4 Å². The molecule has 1 atom stereocenters. The molecule has 1 aliphatic heterocycles. The quantitative estimate of drug-likeness (QED) is 0.181. The monoisotopic (exact) mass is 487 g/mol. The van der Waals surface area contributed by atoms with Crippen LogP contribution in [0.4, 0.5) is 10.5 Å². The van der Waals surface area contributed by atoms with Gasteiger partial charge in [-0.05, 0) is 43.4 Å². The van der Waals surface area contributed by atoms with Gasteiger partial charge in [0.2, 0.25) is 0 Å². The predicted octanol–water partition coefficient (Wildman–Crippen LogP) is 3.27. The largest absolute Gasteiger partial charge is 0.370 e. The minimum absolute atomic E-state index is 0. The summed E-state index contributed by atoms with van der Waals surface area (Å²) in [4.78, 5) is 29.8. The molecule has 1 unspecified atom stereocenters. The van der Waals surface area contributed by atoms with Crippen LogP contribution in [0.15, 0.2) is 29.3 Å². The number of rotatable bonds is 7. The van der Waals surface area contributed by atoms with E-state index in [1.165, 1.54) is 10.5 Å². The summed E-state index contributed by atoms with van der Waals surface area (Å²) in [6.07, 6.45) is 1.13. The first-order valence-electron chi connectivity index (χ1n) is 9.08. The number of nitrogens with two attached hydrogens (primary N) is 1. The van der Waals surface area contributed by atoms with Crippen LogP contribution in [0.2, 0.25) is 0 Å². The number of hydrogen-bond donors (Lipinski definition) is 3. The van der Waals surface area contributed by atoms with Crippen LogP contribution in [0.25, 0.3) is 0 Å². The molecule has 4 N–H and O–H groups in total. The molecule has 150 valence electrons. The van der Waals surface area contributed by atoms with Crippen LogP contribution in [0.5, 0.6) is 0 Å². The van der Waals surface area contributed by atoms with E-state index in [0.29, 0.717) is 37.8 Å². The van der Waals surface area contributed by atoms with Gasteiger partial charge in [-0.25, -0.2) is 4.79 Å². The molecule has 0 radical (unpaired) electrons. The van der Waals surface area contributed by atoms with E-state index in [9.17, 15) is 9.59 Å². The summed E-state index contributed by atoms with van der Waals surface area (Å²) >= 11 is 0. The molecule has 0 spiro atoms. The lowest BCUT2D eigenvalue weighted by Gasteiger charge is -2.19. The third-order valence-electron chi connectivity index (χ3n) is 4.70. The van der Waals surface area contributed by atoms with Crippen LogP contribution in [0, 0.1) is 0 Å². The number of guanidine groups is 1. The molecular weight excluding hydrogens is 457 g/mol. The fourth-order valence-corrected chi connectivity index (χ4v) is 2.78. The Bertz CT molecular complexity index is 707. The number of amides is 3. The molecule has 2 rings (SSSR count). The number of aliphatic imine (C=N–C) groups is 1. The maximum atomic E-state index is 12.3. The van der Waals surface area contributed by atoms with Crippen molar-refractivity contribution in [2.75, 3.05) is 18.4 Å². The number of benzene rings is 1. The average molecular weight is 487 g/mol. The SMILES string of the molecule is CCC1(C)NC(=O)N(CCCN=C(N)Nc2cccc(C(C)C)c2)C1=O.I. The zero-order chi connectivity index (χ0) is 19.3. The molecule has 1 aliphatic rings. The molecule has 1 fully saturated rings. The Morgan fingerprint density at radius 1 is 1.37 bits per heavy atom. The molecule has 1 heterocycles. The van der Waals surface area contributed by atoms with Gasteiger partial charge in [-0.15, -0.1) is 24.0 Å². The smallest absolute Gasteiger partial charge is 0.325 e. The highest BCUT2D eigenvalue weighted by molar-refractivity contribution is 14.0. The van der Waals surface area contributed by atoms with Gasteiger partial charge in [0.15, 0.2) is 5.96 Å². The third-order valence-corrected chi connectivity index (χ3v) is 4.70. The first-order chi connectivity index (χ1) is 12.3. The zero-order valence-corrected chi connectivity index (χ0v) is 18.7. The number of anilines is 1. The first-order valence-corrected chi connectivity index (χ1v) is 9.08. The number of nitrogens with zero attached hydrogens (tertiary/aromatic N) is 2. The Morgan fingerprint density at radius 3 is 2.67 bits per heavy atom. The second kappa shape index (κ2) is 9.91. The molecule has 1 aromatic rings. The standard InChI is InChI=1S/C19H29N5O2.HI/c1-5-19(4)16(25)24(18(26)23-19)11-7-10-21-17(20)22-15-9-6-8-14(12-15)13(2)3;/h6,8-9,12-13H,5,7,10-11H2,1-4H3,(H,23,26)(H3,20,21,22);1H. The molecule has 8 heteroatoms. The highest BCUT2D eigenvalue weighted by atomic mass is 127. The van der Waals surface area contributed by atoms with Crippen LogP contribution >= 0.6 is 24.0 Å². The highest BCUT2D eigenvalue weighted by Crippen LogP contribution is 2.21. The van der Waals surface area contributed by atoms with Crippen LogP contribution in [0.3, 0.4) is 0 Å². The van der Waals surface area contributed by atoms with Gasteiger partial charge < -0.3 is 16.4 Å². The third kappa shape index (κ3) is 5.82. The molecule has 27 heavy (non-hydrogen) atoms. The highest BCUT2D eigenvalue weighted by Gasteiger charge is 2.45. The summed E-state index contributed by atoms with van der Waals surface area (Å²) in [5, 5.41) is 5.81. The van der Waals surface area contributed by atoms with E-state index < -0.39 is 5.54 Å². The van der Waals surface area contributed by atoms with Crippen molar-refractivity contribution in [3.63, 3.8) is 0 Å². The van der Waals surface area contributed by atoms with Crippen molar-refractivity contribution in [3.8, 4) is 0 Å². The Balaban J connectivity index is 0.00000364. The molecule has 7 nitrogen and oxygen atoms in total. The number of carbonyl (C=O) groups is 2. The molecule has 0 bridgehead atoms. The molecule has 1 aromatic carbocycles. The number of halogens is 1. The van der Waals surface area contributed by atoms with Gasteiger partial charge >= 0.3 is 6.03 Å². The van der Waals surface area contributed by atoms with Gasteiger partial charge in [0, 0.05) is 18.8 Å². The van der Waals surface area contributed by atoms with E-state index in [-0.39, 0.29) is 35.9 Å². The zero-order valence-electron chi connectivity index (χ0n) is 16.4. The Kier molecular flexibility index (Phi) is 8.52. The van der Waals surface area contributed by atoms with Crippen molar-refractivity contribution in [2.45, 2.75) is 52.0 Å². The Morgan fingerprint density at radius 2 is 2.07 bits per heavy atom. The average Bonchev–Trinajstić information content (AvgIpc) is 2.82. The van der Waals surface area contributed by atoms with Crippen LogP contribution in [0.1, 0.15) is 52.0 Å². The summed E-state index contributed by atoms with van der Waals surface area (Å²) < 4.78 is 0. The minimum atomic E-state index is -0.789. The number of hydrogen-bond acceptors (Lipinski definition) is 3. The Hall–Kier alpha value is -1.84. The normalized spacial score (nSPS) is 19.9. The van der Waals surface area contributed by atoms with E-state index >= 15 is 0 Å². The van der Waals surface area contributed by atoms with Crippen molar-refractivity contribution in [1.82, 2.24) is 10.2 Å². The summed E-state index contributed by atoms with van der Waals surface area (Å²) in [5.74, 6) is 0.583. The molecule has 0 aromatic heterocycles. The van der Waals surface area contributed by atoms with E-state index in [1.807, 2.05) is 25.1 Å². The summed E-state index contributed by atoms with van der Waals surface area (Å²) in [5.41, 5.74) is 7.25. The van der Waals surface area contributed by atoms with Gasteiger partial charge in [0.1, 0.15) is 5.54 Å². The predicted molar refractivity (Wildman–Crippen MR) is 120 cm³/mol.